The average molecular weight is 179 g/mol. The predicted molar refractivity (Wildman–Crippen MR) is 50.3 cm³/mol. The Balaban J connectivity index is 2.94. The molecule has 0 atom stereocenters. The van der Waals surface area contributed by atoms with E-state index in [1.807, 2.05) is 0 Å². The maximum atomic E-state index is 8.79. The maximum absolute atomic E-state index is 8.79. The molecule has 3 N–H and O–H groups in total. The summed E-state index contributed by atoms with van der Waals surface area (Å²) in [7, 11) is -1.46. The number of hydrogen-bond acceptors (Lipinski definition) is 4. The highest BCUT2D eigenvalue weighted by atomic mass is 16.4. The lowest BCUT2D eigenvalue weighted by Gasteiger charge is -2.01. The fourth-order valence-electron chi connectivity index (χ4n) is 0.954. The highest BCUT2D eigenvalue weighted by Gasteiger charge is 2.09. The Bertz CT molecular complexity index is 308. The number of nitrogens with zero attached hydrogens (tertiary/aromatic N) is 1. The number of benzene rings is 1. The van der Waals surface area contributed by atoms with Crippen LogP contribution < -0.4 is 5.46 Å². The lowest BCUT2D eigenvalue weighted by atomic mass is 9.80. The van der Waals surface area contributed by atoms with Gasteiger partial charge in [0, 0.05) is 0 Å². The molecule has 0 bridgehead atoms. The van der Waals surface area contributed by atoms with Crippen molar-refractivity contribution in [3.8, 4) is 0 Å². The molecule has 0 fully saturated rings. The van der Waals surface area contributed by atoms with E-state index in [1.54, 1.807) is 31.2 Å². The molecule has 0 aromatic heterocycles. The quantitative estimate of drug-likeness (QED) is 0.249. The van der Waals surface area contributed by atoms with Crippen LogP contribution in [0.15, 0.2) is 29.4 Å². The van der Waals surface area contributed by atoms with Crippen LogP contribution in [0, 0.1) is 0 Å². The van der Waals surface area contributed by atoms with Gasteiger partial charge in [-0.1, -0.05) is 29.4 Å². The van der Waals surface area contributed by atoms with Crippen molar-refractivity contribution < 1.29 is 15.3 Å². The number of rotatable bonds is 2. The minimum atomic E-state index is -1.46. The SMILES string of the molecule is C/C(=N\O)c1ccc(B(O)O)cc1. The minimum Gasteiger partial charge on any atom is -0.423 e. The lowest BCUT2D eigenvalue weighted by molar-refractivity contribution is 0.319. The van der Waals surface area contributed by atoms with Gasteiger partial charge < -0.3 is 15.3 Å². The van der Waals surface area contributed by atoms with Crippen LogP contribution in [0.4, 0.5) is 0 Å². The summed E-state index contributed by atoms with van der Waals surface area (Å²) < 4.78 is 0. The van der Waals surface area contributed by atoms with Crippen molar-refractivity contribution in [1.82, 2.24) is 0 Å². The summed E-state index contributed by atoms with van der Waals surface area (Å²) in [5, 5.41) is 29.1. The first-order valence-corrected chi connectivity index (χ1v) is 3.80. The van der Waals surface area contributed by atoms with E-state index >= 15 is 0 Å². The van der Waals surface area contributed by atoms with Gasteiger partial charge in [-0.15, -0.1) is 0 Å². The molecule has 68 valence electrons. The Labute approximate surface area is 76.3 Å². The Hall–Kier alpha value is -1.33. The van der Waals surface area contributed by atoms with E-state index in [1.165, 1.54) is 0 Å². The first-order chi connectivity index (χ1) is 6.15. The zero-order valence-electron chi connectivity index (χ0n) is 7.18. The van der Waals surface area contributed by atoms with Crippen LogP contribution in [0.25, 0.3) is 0 Å². The topological polar surface area (TPSA) is 73.1 Å². The second kappa shape index (κ2) is 4.07. The van der Waals surface area contributed by atoms with E-state index in [-0.39, 0.29) is 0 Å². The molecule has 1 aromatic rings. The normalized spacial score (nSPS) is 11.5. The Morgan fingerprint density at radius 1 is 1.23 bits per heavy atom. The standard InChI is InChI=1S/C8H10BNO3/c1-6(10-13)7-2-4-8(5-3-7)9(11)12/h2-5,11-13H,1H3/b10-6+. The molecule has 4 nitrogen and oxygen atoms in total. The molecule has 0 amide bonds. The van der Waals surface area contributed by atoms with Gasteiger partial charge in [0.2, 0.25) is 0 Å². The van der Waals surface area contributed by atoms with Gasteiger partial charge in [0.05, 0.1) is 5.71 Å². The van der Waals surface area contributed by atoms with Gasteiger partial charge >= 0.3 is 7.12 Å². The van der Waals surface area contributed by atoms with E-state index in [9.17, 15) is 0 Å². The third-order valence-electron chi connectivity index (χ3n) is 1.78. The van der Waals surface area contributed by atoms with E-state index in [4.69, 9.17) is 15.3 Å². The fraction of sp³-hybridized carbons (Fsp3) is 0.125. The molecule has 5 heteroatoms. The molecule has 0 aliphatic heterocycles. The molecule has 0 spiro atoms. The smallest absolute Gasteiger partial charge is 0.423 e. The van der Waals surface area contributed by atoms with Crippen molar-refractivity contribution in [2.45, 2.75) is 6.92 Å². The van der Waals surface area contributed by atoms with Crippen LogP contribution in [0.3, 0.4) is 0 Å². The van der Waals surface area contributed by atoms with Crippen molar-refractivity contribution >= 4 is 18.3 Å². The van der Waals surface area contributed by atoms with Gasteiger partial charge in [-0.2, -0.15) is 0 Å². The zero-order valence-corrected chi connectivity index (χ0v) is 7.18. The molecular weight excluding hydrogens is 169 g/mol. The van der Waals surface area contributed by atoms with E-state index in [0.29, 0.717) is 11.2 Å². The van der Waals surface area contributed by atoms with Crippen molar-refractivity contribution in [3.05, 3.63) is 29.8 Å². The summed E-state index contributed by atoms with van der Waals surface area (Å²) in [4.78, 5) is 0. The molecule has 1 aromatic carbocycles. The average Bonchev–Trinajstić information content (AvgIpc) is 2.17. The van der Waals surface area contributed by atoms with Crippen LogP contribution in [0.5, 0.6) is 0 Å². The van der Waals surface area contributed by atoms with Crippen molar-refractivity contribution in [3.63, 3.8) is 0 Å². The van der Waals surface area contributed by atoms with Gasteiger partial charge in [0.15, 0.2) is 0 Å². The molecule has 0 saturated heterocycles. The van der Waals surface area contributed by atoms with Crippen molar-refractivity contribution in [2.24, 2.45) is 5.16 Å². The van der Waals surface area contributed by atoms with E-state index in [2.05, 4.69) is 5.16 Å². The monoisotopic (exact) mass is 179 g/mol. The highest BCUT2D eigenvalue weighted by molar-refractivity contribution is 6.58. The van der Waals surface area contributed by atoms with Gasteiger partial charge in [0.1, 0.15) is 0 Å². The van der Waals surface area contributed by atoms with Crippen LogP contribution in [-0.2, 0) is 0 Å². The largest absolute Gasteiger partial charge is 0.488 e. The van der Waals surface area contributed by atoms with Crippen LogP contribution in [0.2, 0.25) is 0 Å². The summed E-state index contributed by atoms with van der Waals surface area (Å²) in [5.74, 6) is 0. The summed E-state index contributed by atoms with van der Waals surface area (Å²) in [6.45, 7) is 1.66. The summed E-state index contributed by atoms with van der Waals surface area (Å²) >= 11 is 0. The second-order valence-electron chi connectivity index (χ2n) is 2.68. The molecule has 0 saturated carbocycles. The lowest BCUT2D eigenvalue weighted by Crippen LogP contribution is -2.29. The van der Waals surface area contributed by atoms with Gasteiger partial charge in [-0.3, -0.25) is 0 Å². The third kappa shape index (κ3) is 2.30. The molecule has 0 aliphatic carbocycles. The molecular formula is C8H10BNO3. The van der Waals surface area contributed by atoms with E-state index in [0.717, 1.165) is 5.56 Å². The number of hydrogen-bond donors (Lipinski definition) is 3. The highest BCUT2D eigenvalue weighted by Crippen LogP contribution is 1.99. The molecule has 0 unspecified atom stereocenters. The van der Waals surface area contributed by atoms with Crippen LogP contribution in [0.1, 0.15) is 12.5 Å². The summed E-state index contributed by atoms with van der Waals surface area (Å²) in [5.41, 5.74) is 1.64. The van der Waals surface area contributed by atoms with Crippen LogP contribution >= 0.6 is 0 Å². The Morgan fingerprint density at radius 2 is 1.77 bits per heavy atom. The third-order valence-corrected chi connectivity index (χ3v) is 1.78. The molecule has 0 aliphatic rings. The van der Waals surface area contributed by atoms with Gasteiger partial charge in [-0.05, 0) is 17.9 Å². The van der Waals surface area contributed by atoms with Crippen molar-refractivity contribution in [1.29, 1.82) is 0 Å². The van der Waals surface area contributed by atoms with Crippen LogP contribution in [-0.4, -0.2) is 28.1 Å². The minimum absolute atomic E-state index is 0.412. The Kier molecular flexibility index (Phi) is 3.05. The molecule has 1 rings (SSSR count). The van der Waals surface area contributed by atoms with Crippen molar-refractivity contribution in [2.75, 3.05) is 0 Å². The van der Waals surface area contributed by atoms with Gasteiger partial charge in [0.25, 0.3) is 0 Å². The van der Waals surface area contributed by atoms with Gasteiger partial charge in [-0.25, -0.2) is 0 Å². The summed E-state index contributed by atoms with van der Waals surface area (Å²) in [6, 6.07) is 6.44. The maximum Gasteiger partial charge on any atom is 0.488 e. The fourth-order valence-corrected chi connectivity index (χ4v) is 0.954. The van der Waals surface area contributed by atoms with E-state index < -0.39 is 7.12 Å². The molecule has 0 radical (unpaired) electrons. The Morgan fingerprint density at radius 3 is 2.15 bits per heavy atom. The first-order valence-electron chi connectivity index (χ1n) is 3.80. The number of oxime groups is 1. The predicted octanol–water partition coefficient (Wildman–Crippen LogP) is -0.435. The first kappa shape index (κ1) is 9.76. The zero-order chi connectivity index (χ0) is 9.84. The molecule has 0 heterocycles. The summed E-state index contributed by atoms with van der Waals surface area (Å²) in [6.07, 6.45) is 0. The molecule has 13 heavy (non-hydrogen) atoms. The second-order valence-corrected chi connectivity index (χ2v) is 2.68.